The van der Waals surface area contributed by atoms with Crippen LogP contribution in [0.5, 0.6) is 0 Å². The van der Waals surface area contributed by atoms with Crippen LogP contribution >= 0.6 is 0 Å². The van der Waals surface area contributed by atoms with Crippen molar-refractivity contribution in [3.63, 3.8) is 0 Å². The zero-order chi connectivity index (χ0) is 39.2. The molecule has 1 rings (SSSR count). The summed E-state index contributed by atoms with van der Waals surface area (Å²) in [5.41, 5.74) is 49.0. The largest absolute Gasteiger partial charge is 0.480 e. The molecule has 294 valence electrons. The second-order valence-corrected chi connectivity index (χ2v) is 12.1. The summed E-state index contributed by atoms with van der Waals surface area (Å²) in [5, 5.41) is 17.6. The van der Waals surface area contributed by atoms with Crippen LogP contribution in [-0.2, 0) is 24.0 Å². The highest BCUT2D eigenvalue weighted by molar-refractivity contribution is 5.95. The lowest BCUT2D eigenvalue weighted by molar-refractivity contribution is -0.145. The quantitative estimate of drug-likeness (QED) is 0.0249. The highest BCUT2D eigenvalue weighted by atomic mass is 16.4. The molecule has 23 heteroatoms. The Balaban J connectivity index is 3.20. The number of aliphatic carboxylic acids is 1. The van der Waals surface area contributed by atoms with Gasteiger partial charge in [0.25, 0.3) is 0 Å². The molecule has 0 spiro atoms. The van der Waals surface area contributed by atoms with Crippen molar-refractivity contribution in [3.8, 4) is 0 Å². The fourth-order valence-electron chi connectivity index (χ4n) is 5.27. The molecule has 1 fully saturated rings. The van der Waals surface area contributed by atoms with Gasteiger partial charge in [-0.15, -0.1) is 0 Å². The molecule has 1 aliphatic heterocycles. The lowest BCUT2D eigenvalue weighted by Gasteiger charge is -2.30. The summed E-state index contributed by atoms with van der Waals surface area (Å²) in [5.74, 6) is -4.38. The minimum absolute atomic E-state index is 0.0399. The van der Waals surface area contributed by atoms with Crippen LogP contribution < -0.4 is 67.6 Å². The van der Waals surface area contributed by atoms with E-state index in [2.05, 4.69) is 35.9 Å². The van der Waals surface area contributed by atoms with E-state index in [4.69, 9.17) is 51.6 Å². The van der Waals surface area contributed by atoms with E-state index >= 15 is 0 Å². The third-order valence-corrected chi connectivity index (χ3v) is 7.84. The Morgan fingerprint density at radius 1 is 0.615 bits per heavy atom. The number of carbonyl (C=O) groups excluding carboxylic acids is 4. The van der Waals surface area contributed by atoms with Gasteiger partial charge in [0.05, 0.1) is 6.04 Å². The summed E-state index contributed by atoms with van der Waals surface area (Å²) in [7, 11) is 0. The number of carboxylic acids is 1. The van der Waals surface area contributed by atoms with Crippen LogP contribution in [-0.4, -0.2) is 126 Å². The number of carbonyl (C=O) groups is 5. The van der Waals surface area contributed by atoms with Gasteiger partial charge in [0, 0.05) is 32.7 Å². The molecule has 52 heavy (non-hydrogen) atoms. The summed E-state index contributed by atoms with van der Waals surface area (Å²) in [6.07, 6.45) is 2.33. The maximum atomic E-state index is 14.0. The molecule has 0 aliphatic carbocycles. The number of nitrogens with two attached hydrogens (primary N) is 9. The van der Waals surface area contributed by atoms with E-state index < -0.39 is 59.8 Å². The molecule has 1 aliphatic rings. The maximum Gasteiger partial charge on any atom is 0.326 e. The van der Waals surface area contributed by atoms with Gasteiger partial charge in [-0.25, -0.2) is 4.79 Å². The van der Waals surface area contributed by atoms with Gasteiger partial charge >= 0.3 is 5.97 Å². The van der Waals surface area contributed by atoms with Crippen LogP contribution in [0.25, 0.3) is 0 Å². The van der Waals surface area contributed by atoms with Crippen LogP contribution in [0.2, 0.25) is 0 Å². The third kappa shape index (κ3) is 17.9. The van der Waals surface area contributed by atoms with Crippen molar-refractivity contribution in [3.05, 3.63) is 0 Å². The Labute approximate surface area is 302 Å². The summed E-state index contributed by atoms with van der Waals surface area (Å²) < 4.78 is 0. The van der Waals surface area contributed by atoms with Gasteiger partial charge in [-0.05, 0) is 64.2 Å². The van der Waals surface area contributed by atoms with Gasteiger partial charge < -0.3 is 77.6 Å². The zero-order valence-electron chi connectivity index (χ0n) is 29.4. The molecule has 22 N–H and O–H groups in total. The molecule has 1 saturated heterocycles. The van der Waals surface area contributed by atoms with E-state index in [1.54, 1.807) is 0 Å². The number of carboxylic acid groups (broad SMARTS) is 1. The second kappa shape index (κ2) is 23.7. The number of nitrogens with zero attached hydrogens (tertiary/aromatic N) is 5. The van der Waals surface area contributed by atoms with Crippen molar-refractivity contribution < 1.29 is 29.1 Å². The van der Waals surface area contributed by atoms with Crippen LogP contribution in [0, 0.1) is 0 Å². The van der Waals surface area contributed by atoms with Crippen LogP contribution in [0.1, 0.15) is 64.2 Å². The molecule has 0 aromatic carbocycles. The highest BCUT2D eigenvalue weighted by Crippen LogP contribution is 2.20. The molecule has 0 radical (unpaired) electrons. The summed E-state index contributed by atoms with van der Waals surface area (Å²) >= 11 is 0. The smallest absolute Gasteiger partial charge is 0.326 e. The Hall–Kier alpha value is -5.61. The summed E-state index contributed by atoms with van der Waals surface area (Å²) in [4.78, 5) is 82.8. The molecule has 0 bridgehead atoms. The summed E-state index contributed by atoms with van der Waals surface area (Å²) in [6, 6.07) is -5.57. The number of hydrogen-bond donors (Lipinski definition) is 13. The standard InChI is InChI=1S/C29H57N17O6/c30-16(6-1-11-39-26(31)32)21(47)43-17(7-2-12-40-27(33)34)22(48)44-18(8-3-13-41-28(35)36)24(50)46-15-5-10-20(46)23(49)45-19(25(51)52)9-4-14-42-29(37)38/h16-20H,1-15,30H2,(H,43,47)(H,44,48)(H,45,49)(H,51,52)(H4,31,32,39)(H4,33,34,40)(H4,35,36,41)(H4,37,38,42)/t16-,17-,18-,19-,20-/m0/s1. The normalized spacial score (nSPS) is 15.9. The van der Waals surface area contributed by atoms with Crippen molar-refractivity contribution >= 4 is 53.4 Å². The Kier molecular flexibility index (Phi) is 20.3. The average molecular weight is 740 g/mol. The average Bonchev–Trinajstić information content (AvgIpc) is 3.56. The van der Waals surface area contributed by atoms with Gasteiger partial charge in [-0.1, -0.05) is 0 Å². The van der Waals surface area contributed by atoms with Crippen molar-refractivity contribution in [2.24, 2.45) is 71.6 Å². The first-order valence-corrected chi connectivity index (χ1v) is 16.9. The molecule has 0 saturated carbocycles. The number of nitrogens with one attached hydrogen (secondary N) is 3. The van der Waals surface area contributed by atoms with E-state index in [1.807, 2.05) is 0 Å². The van der Waals surface area contributed by atoms with E-state index in [1.165, 1.54) is 4.90 Å². The number of rotatable bonds is 24. The number of aliphatic imine (C=N–C) groups is 4. The van der Waals surface area contributed by atoms with Crippen molar-refractivity contribution in [2.45, 2.75) is 94.4 Å². The van der Waals surface area contributed by atoms with Crippen molar-refractivity contribution in [1.29, 1.82) is 0 Å². The predicted octanol–water partition coefficient (Wildman–Crippen LogP) is -5.94. The van der Waals surface area contributed by atoms with E-state index in [9.17, 15) is 29.1 Å². The SMILES string of the molecule is NC(N)=NCCC[C@H](NC(=O)[C@@H]1CCCN1C(=O)[C@H](CCCN=C(N)N)NC(=O)[C@H](CCCN=C(N)N)NC(=O)[C@@H](N)CCCN=C(N)N)C(=O)O. The lowest BCUT2D eigenvalue weighted by atomic mass is 10.0. The number of amides is 4. The molecule has 0 aromatic heterocycles. The van der Waals surface area contributed by atoms with E-state index in [0.29, 0.717) is 12.8 Å². The predicted molar refractivity (Wildman–Crippen MR) is 196 cm³/mol. The summed E-state index contributed by atoms with van der Waals surface area (Å²) in [6.45, 7) is 0.884. The van der Waals surface area contributed by atoms with E-state index in [0.717, 1.165) is 0 Å². The van der Waals surface area contributed by atoms with Crippen molar-refractivity contribution in [1.82, 2.24) is 20.9 Å². The van der Waals surface area contributed by atoms with Crippen LogP contribution in [0.4, 0.5) is 0 Å². The Morgan fingerprint density at radius 2 is 1.04 bits per heavy atom. The minimum atomic E-state index is -1.26. The van der Waals surface area contributed by atoms with E-state index in [-0.39, 0.29) is 108 Å². The zero-order valence-corrected chi connectivity index (χ0v) is 29.4. The molecular weight excluding hydrogens is 682 g/mol. The molecule has 5 atom stereocenters. The number of likely N-dealkylation sites (tertiary alicyclic amines) is 1. The first-order valence-electron chi connectivity index (χ1n) is 16.9. The molecular formula is C29H57N17O6. The Bertz CT molecular complexity index is 1310. The second-order valence-electron chi connectivity index (χ2n) is 12.1. The van der Waals surface area contributed by atoms with Crippen LogP contribution in [0.15, 0.2) is 20.0 Å². The number of guanidine groups is 4. The molecule has 23 nitrogen and oxygen atoms in total. The molecule has 1 heterocycles. The monoisotopic (exact) mass is 739 g/mol. The van der Waals surface area contributed by atoms with Crippen molar-refractivity contribution in [2.75, 3.05) is 32.7 Å². The fourth-order valence-corrected chi connectivity index (χ4v) is 5.27. The molecule has 4 amide bonds. The van der Waals surface area contributed by atoms with Gasteiger partial charge in [0.1, 0.15) is 24.2 Å². The number of hydrogen-bond acceptors (Lipinski definition) is 10. The molecule has 0 unspecified atom stereocenters. The fraction of sp³-hybridized carbons (Fsp3) is 0.690. The molecule has 0 aromatic rings. The highest BCUT2D eigenvalue weighted by Gasteiger charge is 2.39. The topological polar surface area (TPSA) is 429 Å². The van der Waals surface area contributed by atoms with Gasteiger partial charge in [0.15, 0.2) is 23.8 Å². The van der Waals surface area contributed by atoms with Gasteiger partial charge in [0.2, 0.25) is 23.6 Å². The Morgan fingerprint density at radius 3 is 1.50 bits per heavy atom. The van der Waals surface area contributed by atoms with Gasteiger partial charge in [-0.3, -0.25) is 39.1 Å². The first-order chi connectivity index (χ1) is 24.5. The first kappa shape index (κ1) is 44.4. The maximum absolute atomic E-state index is 14.0. The third-order valence-electron chi connectivity index (χ3n) is 7.84. The van der Waals surface area contributed by atoms with Gasteiger partial charge in [-0.2, -0.15) is 0 Å². The van der Waals surface area contributed by atoms with Crippen LogP contribution in [0.3, 0.4) is 0 Å². The minimum Gasteiger partial charge on any atom is -0.480 e. The lowest BCUT2D eigenvalue weighted by Crippen LogP contribution is -2.58.